The van der Waals surface area contributed by atoms with Gasteiger partial charge in [0.15, 0.2) is 5.69 Å². The summed E-state index contributed by atoms with van der Waals surface area (Å²) in [5.74, 6) is -2.07. The molecule has 1 rings (SSSR count). The molecule has 6 nitrogen and oxygen atoms in total. The van der Waals surface area contributed by atoms with Crippen molar-refractivity contribution in [2.45, 2.75) is 32.5 Å². The summed E-state index contributed by atoms with van der Waals surface area (Å²) in [6, 6.07) is 0. The summed E-state index contributed by atoms with van der Waals surface area (Å²) in [6.07, 6.45) is -2.00. The average Bonchev–Trinajstić information content (AvgIpc) is 2.67. The second kappa shape index (κ2) is 5.58. The quantitative estimate of drug-likeness (QED) is 0.891. The van der Waals surface area contributed by atoms with E-state index in [1.165, 1.54) is 13.0 Å². The Morgan fingerprint density at radius 3 is 2.38 bits per heavy atom. The Balaban J connectivity index is 3.21. The second-order valence-electron chi connectivity index (χ2n) is 4.87. The van der Waals surface area contributed by atoms with Crippen molar-refractivity contribution >= 4 is 18.1 Å². The lowest BCUT2D eigenvalue weighted by Gasteiger charge is -2.21. The highest BCUT2D eigenvalue weighted by molar-refractivity contribution is 5.89. The summed E-state index contributed by atoms with van der Waals surface area (Å²) in [4.78, 5) is 21.8. The van der Waals surface area contributed by atoms with Crippen LogP contribution in [-0.2, 0) is 11.0 Å². The zero-order chi connectivity index (χ0) is 16.4. The number of carboxylic acid groups (broad SMARTS) is 1. The van der Waals surface area contributed by atoms with E-state index in [-0.39, 0.29) is 5.91 Å². The largest absolute Gasteiger partial charge is 0.478 e. The Morgan fingerprint density at radius 2 is 1.95 bits per heavy atom. The van der Waals surface area contributed by atoms with Gasteiger partial charge in [0.1, 0.15) is 5.56 Å². The third-order valence-electron chi connectivity index (χ3n) is 2.42. The molecule has 0 aliphatic carbocycles. The van der Waals surface area contributed by atoms with Crippen LogP contribution in [0.15, 0.2) is 12.3 Å². The number of halogens is 3. The molecule has 0 radical (unpaired) electrons. The van der Waals surface area contributed by atoms with Gasteiger partial charge in [0.2, 0.25) is 5.91 Å². The zero-order valence-corrected chi connectivity index (χ0v) is 11.5. The first-order valence-corrected chi connectivity index (χ1v) is 5.80. The Bertz CT molecular complexity index is 588. The topological polar surface area (TPSA) is 84.2 Å². The highest BCUT2D eigenvalue weighted by atomic mass is 19.4. The minimum Gasteiger partial charge on any atom is -0.478 e. The highest BCUT2D eigenvalue weighted by Gasteiger charge is 2.40. The third-order valence-corrected chi connectivity index (χ3v) is 2.42. The molecular weight excluding hydrogens is 291 g/mol. The molecule has 1 amide bonds. The molecule has 2 N–H and O–H groups in total. The van der Waals surface area contributed by atoms with E-state index in [0.717, 1.165) is 6.20 Å². The summed E-state index contributed by atoms with van der Waals surface area (Å²) in [6.45, 7) is 4.41. The molecule has 0 bridgehead atoms. The van der Waals surface area contributed by atoms with E-state index < -0.39 is 28.9 Å². The molecule has 0 aliphatic heterocycles. The van der Waals surface area contributed by atoms with Gasteiger partial charge >= 0.3 is 12.1 Å². The van der Waals surface area contributed by atoms with Gasteiger partial charge in [-0.05, 0) is 19.9 Å². The first-order valence-electron chi connectivity index (χ1n) is 5.80. The van der Waals surface area contributed by atoms with Crippen LogP contribution in [0.2, 0.25) is 0 Å². The fourth-order valence-electron chi connectivity index (χ4n) is 1.67. The van der Waals surface area contributed by atoms with E-state index in [1.54, 1.807) is 13.8 Å². The number of carbonyl (C=O) groups is 2. The minimum atomic E-state index is -4.87. The zero-order valence-electron chi connectivity index (χ0n) is 11.5. The lowest BCUT2D eigenvalue weighted by molar-refractivity contribution is -0.143. The van der Waals surface area contributed by atoms with Crippen LogP contribution < -0.4 is 5.32 Å². The summed E-state index contributed by atoms with van der Waals surface area (Å²) >= 11 is 0. The number of hydrogen-bond acceptors (Lipinski definition) is 3. The monoisotopic (exact) mass is 305 g/mol. The average molecular weight is 305 g/mol. The molecule has 0 fully saturated rings. The standard InChI is InChI=1S/C12H14F3N3O3/c1-7(19)17-11(2,3)4-5-18-9(12(13,14)15)8(6-16-18)10(20)21/h4-6H,1-3H3,(H,17,19)(H,20,21). The van der Waals surface area contributed by atoms with Crippen molar-refractivity contribution in [1.29, 1.82) is 0 Å². The van der Waals surface area contributed by atoms with E-state index in [9.17, 15) is 22.8 Å². The van der Waals surface area contributed by atoms with Crippen molar-refractivity contribution in [3.8, 4) is 0 Å². The molecule has 116 valence electrons. The van der Waals surface area contributed by atoms with Gasteiger partial charge in [-0.3, -0.25) is 4.79 Å². The first-order chi connectivity index (χ1) is 9.44. The number of aromatic carboxylic acids is 1. The van der Waals surface area contributed by atoms with Crippen molar-refractivity contribution in [3.63, 3.8) is 0 Å². The second-order valence-corrected chi connectivity index (χ2v) is 4.87. The SMILES string of the molecule is CC(=O)NC(C)(C)C=Cn1ncc(C(=O)O)c1C(F)(F)F. The van der Waals surface area contributed by atoms with Crippen LogP contribution in [0.25, 0.3) is 6.20 Å². The van der Waals surface area contributed by atoms with Gasteiger partial charge in [-0.15, -0.1) is 0 Å². The van der Waals surface area contributed by atoms with Crippen LogP contribution in [0, 0.1) is 0 Å². The van der Waals surface area contributed by atoms with Crippen molar-refractivity contribution in [2.75, 3.05) is 0 Å². The maximum absolute atomic E-state index is 12.9. The number of carbonyl (C=O) groups excluding carboxylic acids is 1. The molecule has 1 aromatic heterocycles. The van der Waals surface area contributed by atoms with Crippen molar-refractivity contribution in [1.82, 2.24) is 15.1 Å². The van der Waals surface area contributed by atoms with Crippen LogP contribution in [0.4, 0.5) is 13.2 Å². The highest BCUT2D eigenvalue weighted by Crippen LogP contribution is 2.32. The van der Waals surface area contributed by atoms with Crippen LogP contribution in [0.1, 0.15) is 36.8 Å². The number of nitrogens with one attached hydrogen (secondary N) is 1. The number of aromatic nitrogens is 2. The van der Waals surface area contributed by atoms with Crippen molar-refractivity contribution in [3.05, 3.63) is 23.5 Å². The number of hydrogen-bond donors (Lipinski definition) is 2. The van der Waals surface area contributed by atoms with Gasteiger partial charge in [0.25, 0.3) is 0 Å². The molecule has 9 heteroatoms. The van der Waals surface area contributed by atoms with E-state index in [0.29, 0.717) is 10.9 Å². The molecule has 21 heavy (non-hydrogen) atoms. The van der Waals surface area contributed by atoms with Crippen LogP contribution in [0.5, 0.6) is 0 Å². The molecule has 0 atom stereocenters. The molecular formula is C12H14F3N3O3. The molecule has 0 saturated carbocycles. The fraction of sp³-hybridized carbons (Fsp3) is 0.417. The van der Waals surface area contributed by atoms with Crippen LogP contribution >= 0.6 is 0 Å². The lowest BCUT2D eigenvalue weighted by atomic mass is 10.1. The Labute approximate surface area is 118 Å². The smallest absolute Gasteiger partial charge is 0.434 e. The molecule has 0 unspecified atom stereocenters. The third kappa shape index (κ3) is 4.33. The van der Waals surface area contributed by atoms with Crippen LogP contribution in [-0.4, -0.2) is 32.3 Å². The van der Waals surface area contributed by atoms with Crippen molar-refractivity contribution < 1.29 is 27.9 Å². The number of rotatable bonds is 4. The molecule has 0 aliphatic rings. The first kappa shape index (κ1) is 16.7. The minimum absolute atomic E-state index is 0.354. The van der Waals surface area contributed by atoms with Gasteiger partial charge < -0.3 is 10.4 Å². The molecule has 0 spiro atoms. The van der Waals surface area contributed by atoms with Gasteiger partial charge in [-0.1, -0.05) is 0 Å². The summed E-state index contributed by atoms with van der Waals surface area (Å²) < 4.78 is 39.1. The van der Waals surface area contributed by atoms with E-state index >= 15 is 0 Å². The van der Waals surface area contributed by atoms with Gasteiger partial charge in [-0.25, -0.2) is 9.48 Å². The summed E-state index contributed by atoms with van der Waals surface area (Å²) in [5.41, 5.74) is -3.24. The summed E-state index contributed by atoms with van der Waals surface area (Å²) in [5, 5.41) is 14.7. The van der Waals surface area contributed by atoms with Gasteiger partial charge in [-0.2, -0.15) is 18.3 Å². The van der Waals surface area contributed by atoms with E-state index in [1.807, 2.05) is 0 Å². The fourth-order valence-corrected chi connectivity index (χ4v) is 1.67. The predicted molar refractivity (Wildman–Crippen MR) is 67.4 cm³/mol. The normalized spacial score (nSPS) is 12.7. The van der Waals surface area contributed by atoms with Gasteiger partial charge in [0, 0.05) is 13.1 Å². The number of amides is 1. The van der Waals surface area contributed by atoms with Gasteiger partial charge in [0.05, 0.1) is 11.7 Å². The number of carboxylic acids is 1. The molecule has 1 aromatic rings. The number of alkyl halides is 3. The number of nitrogens with zero attached hydrogens (tertiary/aromatic N) is 2. The predicted octanol–water partition coefficient (Wildman–Crippen LogP) is 1.99. The Hall–Kier alpha value is -2.32. The Kier molecular flexibility index (Phi) is 4.45. The van der Waals surface area contributed by atoms with Crippen molar-refractivity contribution in [2.24, 2.45) is 0 Å². The van der Waals surface area contributed by atoms with E-state index in [4.69, 9.17) is 5.11 Å². The summed E-state index contributed by atoms with van der Waals surface area (Å²) in [7, 11) is 0. The van der Waals surface area contributed by atoms with Crippen LogP contribution in [0.3, 0.4) is 0 Å². The molecule has 0 saturated heterocycles. The maximum Gasteiger partial charge on any atom is 0.434 e. The Morgan fingerprint density at radius 1 is 1.38 bits per heavy atom. The molecule has 0 aromatic carbocycles. The maximum atomic E-state index is 12.9. The molecule has 1 heterocycles. The lowest BCUT2D eigenvalue weighted by Crippen LogP contribution is -2.40. The van der Waals surface area contributed by atoms with E-state index in [2.05, 4.69) is 10.4 Å².